The number of rotatable bonds is 3. The zero-order chi connectivity index (χ0) is 10.8. The molecule has 0 fully saturated rings. The third-order valence-corrected chi connectivity index (χ3v) is 2.84. The number of aromatic nitrogens is 1. The fraction of sp³-hybridized carbons (Fsp3) is 0.385. The SMILES string of the molecule is CC(N)CCc1ccc2c(ccn2C)c1. The van der Waals surface area contributed by atoms with E-state index in [-0.39, 0.29) is 6.04 Å². The predicted octanol–water partition coefficient (Wildman–Crippen LogP) is 2.46. The fourth-order valence-corrected chi connectivity index (χ4v) is 1.88. The van der Waals surface area contributed by atoms with Crippen LogP contribution in [0.5, 0.6) is 0 Å². The van der Waals surface area contributed by atoms with Crippen molar-refractivity contribution in [2.45, 2.75) is 25.8 Å². The van der Waals surface area contributed by atoms with Gasteiger partial charge in [0, 0.05) is 24.8 Å². The van der Waals surface area contributed by atoms with E-state index in [9.17, 15) is 0 Å². The zero-order valence-electron chi connectivity index (χ0n) is 9.40. The Morgan fingerprint density at radius 1 is 1.33 bits per heavy atom. The molecule has 1 atom stereocenters. The maximum absolute atomic E-state index is 5.75. The highest BCUT2D eigenvalue weighted by Crippen LogP contribution is 2.17. The molecule has 0 saturated heterocycles. The summed E-state index contributed by atoms with van der Waals surface area (Å²) in [7, 11) is 2.07. The first-order valence-electron chi connectivity index (χ1n) is 5.46. The van der Waals surface area contributed by atoms with Gasteiger partial charge in [-0.2, -0.15) is 0 Å². The Bertz CT molecular complexity index is 455. The smallest absolute Gasteiger partial charge is 0.0477 e. The fourth-order valence-electron chi connectivity index (χ4n) is 1.88. The number of nitrogens with zero attached hydrogens (tertiary/aromatic N) is 1. The number of aryl methyl sites for hydroxylation is 2. The quantitative estimate of drug-likeness (QED) is 0.814. The highest BCUT2D eigenvalue weighted by atomic mass is 14.9. The van der Waals surface area contributed by atoms with Crippen molar-refractivity contribution in [1.82, 2.24) is 4.57 Å². The van der Waals surface area contributed by atoms with Crippen LogP contribution in [-0.2, 0) is 13.5 Å². The van der Waals surface area contributed by atoms with Crippen LogP contribution >= 0.6 is 0 Å². The van der Waals surface area contributed by atoms with Crippen LogP contribution in [-0.4, -0.2) is 10.6 Å². The molecule has 2 aromatic rings. The van der Waals surface area contributed by atoms with Crippen LogP contribution in [0, 0.1) is 0 Å². The highest BCUT2D eigenvalue weighted by molar-refractivity contribution is 5.80. The Kier molecular flexibility index (Phi) is 2.78. The molecule has 2 rings (SSSR count). The van der Waals surface area contributed by atoms with Crippen molar-refractivity contribution in [3.05, 3.63) is 36.0 Å². The minimum atomic E-state index is 0.288. The van der Waals surface area contributed by atoms with Gasteiger partial charge in [0.25, 0.3) is 0 Å². The Morgan fingerprint density at radius 3 is 2.87 bits per heavy atom. The molecule has 1 aromatic carbocycles. The summed E-state index contributed by atoms with van der Waals surface area (Å²) in [6, 6.07) is 9.09. The van der Waals surface area contributed by atoms with Crippen molar-refractivity contribution in [1.29, 1.82) is 0 Å². The number of hydrogen-bond acceptors (Lipinski definition) is 1. The number of fused-ring (bicyclic) bond motifs is 1. The summed E-state index contributed by atoms with van der Waals surface area (Å²) in [5.74, 6) is 0. The summed E-state index contributed by atoms with van der Waals surface area (Å²) in [5.41, 5.74) is 8.42. The molecule has 2 heteroatoms. The summed E-state index contributed by atoms with van der Waals surface area (Å²) >= 11 is 0. The van der Waals surface area contributed by atoms with Crippen molar-refractivity contribution >= 4 is 10.9 Å². The predicted molar refractivity (Wildman–Crippen MR) is 64.9 cm³/mol. The van der Waals surface area contributed by atoms with Gasteiger partial charge in [0.15, 0.2) is 0 Å². The molecule has 0 bridgehead atoms. The Morgan fingerprint density at radius 2 is 2.13 bits per heavy atom. The maximum atomic E-state index is 5.75. The van der Waals surface area contributed by atoms with E-state index in [0.29, 0.717) is 0 Å². The number of nitrogens with two attached hydrogens (primary N) is 1. The van der Waals surface area contributed by atoms with E-state index in [0.717, 1.165) is 12.8 Å². The maximum Gasteiger partial charge on any atom is 0.0477 e. The first-order valence-corrected chi connectivity index (χ1v) is 5.46. The minimum Gasteiger partial charge on any atom is -0.351 e. The second kappa shape index (κ2) is 4.07. The Balaban J connectivity index is 2.23. The van der Waals surface area contributed by atoms with Crippen LogP contribution < -0.4 is 5.73 Å². The van der Waals surface area contributed by atoms with Crippen LogP contribution in [0.4, 0.5) is 0 Å². The van der Waals surface area contributed by atoms with E-state index in [1.807, 2.05) is 0 Å². The molecule has 2 N–H and O–H groups in total. The van der Waals surface area contributed by atoms with Crippen LogP contribution in [0.25, 0.3) is 10.9 Å². The summed E-state index contributed by atoms with van der Waals surface area (Å²) < 4.78 is 2.14. The zero-order valence-corrected chi connectivity index (χ0v) is 9.40. The van der Waals surface area contributed by atoms with Gasteiger partial charge in [-0.05, 0) is 48.9 Å². The first-order chi connectivity index (χ1) is 7.16. The van der Waals surface area contributed by atoms with Crippen LogP contribution in [0.15, 0.2) is 30.5 Å². The summed E-state index contributed by atoms with van der Waals surface area (Å²) in [6.45, 7) is 2.06. The van der Waals surface area contributed by atoms with E-state index in [1.54, 1.807) is 0 Å². The van der Waals surface area contributed by atoms with Crippen molar-refractivity contribution in [3.8, 4) is 0 Å². The lowest BCUT2D eigenvalue weighted by Crippen LogP contribution is -2.15. The van der Waals surface area contributed by atoms with Gasteiger partial charge in [-0.1, -0.05) is 6.07 Å². The molecule has 0 aliphatic heterocycles. The lowest BCUT2D eigenvalue weighted by Gasteiger charge is -2.05. The van der Waals surface area contributed by atoms with Gasteiger partial charge in [-0.15, -0.1) is 0 Å². The van der Waals surface area contributed by atoms with E-state index in [4.69, 9.17) is 5.73 Å². The topological polar surface area (TPSA) is 30.9 Å². The third-order valence-electron chi connectivity index (χ3n) is 2.84. The molecule has 1 aromatic heterocycles. The molecule has 80 valence electrons. The number of hydrogen-bond donors (Lipinski definition) is 1. The average Bonchev–Trinajstić information content (AvgIpc) is 2.57. The van der Waals surface area contributed by atoms with Crippen molar-refractivity contribution in [2.75, 3.05) is 0 Å². The van der Waals surface area contributed by atoms with Gasteiger partial charge < -0.3 is 10.3 Å². The summed E-state index contributed by atoms with van der Waals surface area (Å²) in [4.78, 5) is 0. The van der Waals surface area contributed by atoms with E-state index in [2.05, 4.69) is 49.0 Å². The van der Waals surface area contributed by atoms with E-state index >= 15 is 0 Å². The van der Waals surface area contributed by atoms with Crippen LogP contribution in [0.1, 0.15) is 18.9 Å². The molecular weight excluding hydrogens is 184 g/mol. The molecule has 2 nitrogen and oxygen atoms in total. The molecule has 0 aliphatic carbocycles. The van der Waals surface area contributed by atoms with Gasteiger partial charge in [-0.3, -0.25) is 0 Å². The highest BCUT2D eigenvalue weighted by Gasteiger charge is 2.01. The van der Waals surface area contributed by atoms with Gasteiger partial charge in [-0.25, -0.2) is 0 Å². The summed E-state index contributed by atoms with van der Waals surface area (Å²) in [5, 5.41) is 1.32. The molecule has 1 heterocycles. The van der Waals surface area contributed by atoms with Gasteiger partial charge >= 0.3 is 0 Å². The molecule has 15 heavy (non-hydrogen) atoms. The lowest BCUT2D eigenvalue weighted by molar-refractivity contribution is 0.666. The average molecular weight is 202 g/mol. The minimum absolute atomic E-state index is 0.288. The largest absolute Gasteiger partial charge is 0.351 e. The molecule has 0 spiro atoms. The standard InChI is InChI=1S/C13H18N2/c1-10(14)3-4-11-5-6-13-12(9-11)7-8-15(13)2/h5-10H,3-4,14H2,1-2H3. The monoisotopic (exact) mass is 202 g/mol. The second-order valence-electron chi connectivity index (χ2n) is 4.34. The molecule has 0 amide bonds. The first kappa shape index (κ1) is 10.2. The van der Waals surface area contributed by atoms with Crippen molar-refractivity contribution < 1.29 is 0 Å². The summed E-state index contributed by atoms with van der Waals surface area (Å²) in [6.07, 6.45) is 4.22. The molecule has 0 aliphatic rings. The second-order valence-corrected chi connectivity index (χ2v) is 4.34. The third kappa shape index (κ3) is 2.21. The van der Waals surface area contributed by atoms with Crippen LogP contribution in [0.2, 0.25) is 0 Å². The van der Waals surface area contributed by atoms with E-state index in [1.165, 1.54) is 16.5 Å². The van der Waals surface area contributed by atoms with Crippen LogP contribution in [0.3, 0.4) is 0 Å². The van der Waals surface area contributed by atoms with Gasteiger partial charge in [0.2, 0.25) is 0 Å². The van der Waals surface area contributed by atoms with Crippen molar-refractivity contribution in [2.24, 2.45) is 12.8 Å². The Labute approximate surface area is 90.7 Å². The van der Waals surface area contributed by atoms with Gasteiger partial charge in [0.05, 0.1) is 0 Å². The molecule has 0 saturated carbocycles. The lowest BCUT2D eigenvalue weighted by atomic mass is 10.1. The molecule has 1 unspecified atom stereocenters. The van der Waals surface area contributed by atoms with Crippen molar-refractivity contribution in [3.63, 3.8) is 0 Å². The van der Waals surface area contributed by atoms with E-state index < -0.39 is 0 Å². The molecular formula is C13H18N2. The van der Waals surface area contributed by atoms with Gasteiger partial charge in [0.1, 0.15) is 0 Å². The number of benzene rings is 1. The Hall–Kier alpha value is -1.28. The normalized spacial score (nSPS) is 13.3. The molecule has 0 radical (unpaired) electrons.